The van der Waals surface area contributed by atoms with Gasteiger partial charge >= 0.3 is 0 Å². The normalized spacial score (nSPS) is 15.8. The molecule has 2 aromatic rings. The molecule has 1 aliphatic carbocycles. The van der Waals surface area contributed by atoms with E-state index in [0.717, 1.165) is 5.39 Å². The largest absolute Gasteiger partial charge is 0.377 e. The van der Waals surface area contributed by atoms with Gasteiger partial charge in [-0.15, -0.1) is 0 Å². The molecule has 16 heavy (non-hydrogen) atoms. The average molecular weight is 212 g/mol. The number of carbonyl (C=O) groups is 2. The lowest BCUT2D eigenvalue weighted by atomic mass is 9.85. The number of aliphatic hydroxyl groups excluding tert-OH is 1. The van der Waals surface area contributed by atoms with Crippen molar-refractivity contribution in [3.05, 3.63) is 47.5 Å². The molecular formula is C13H8O3. The number of carbonyl (C=O) groups excluding carboxylic acids is 2. The molecule has 2 aromatic carbocycles. The van der Waals surface area contributed by atoms with Crippen molar-refractivity contribution in [2.75, 3.05) is 0 Å². The van der Waals surface area contributed by atoms with Crippen molar-refractivity contribution in [2.24, 2.45) is 0 Å². The third-order valence-electron chi connectivity index (χ3n) is 2.93. The molecule has 3 heteroatoms. The number of benzene rings is 2. The van der Waals surface area contributed by atoms with Crippen LogP contribution in [0, 0.1) is 0 Å². The van der Waals surface area contributed by atoms with Crippen LogP contribution in [0.25, 0.3) is 10.8 Å². The second kappa shape index (κ2) is 3.00. The maximum absolute atomic E-state index is 11.7. The molecule has 0 heterocycles. The van der Waals surface area contributed by atoms with Crippen LogP contribution in [-0.4, -0.2) is 22.8 Å². The smallest absolute Gasteiger partial charge is 0.199 e. The predicted octanol–water partition coefficient (Wildman–Crippen LogP) is 1.58. The Hall–Kier alpha value is -2.00. The van der Waals surface area contributed by atoms with Gasteiger partial charge in [0.25, 0.3) is 0 Å². The molecule has 0 aliphatic heterocycles. The van der Waals surface area contributed by atoms with Crippen molar-refractivity contribution in [3.63, 3.8) is 0 Å². The van der Waals surface area contributed by atoms with Gasteiger partial charge in [-0.25, -0.2) is 0 Å². The Kier molecular flexibility index (Phi) is 1.73. The first-order chi connectivity index (χ1) is 7.70. The molecule has 0 fully saturated rings. The van der Waals surface area contributed by atoms with Crippen LogP contribution in [0.15, 0.2) is 36.4 Å². The molecule has 0 aromatic heterocycles. The zero-order valence-corrected chi connectivity index (χ0v) is 8.31. The number of ketones is 2. The van der Waals surface area contributed by atoms with Crippen molar-refractivity contribution >= 4 is 22.3 Å². The quantitative estimate of drug-likeness (QED) is 0.674. The Balaban J connectivity index is 2.52. The summed E-state index contributed by atoms with van der Waals surface area (Å²) < 4.78 is 0. The third-order valence-corrected chi connectivity index (χ3v) is 2.93. The highest BCUT2D eigenvalue weighted by molar-refractivity contribution is 6.30. The minimum absolute atomic E-state index is 0.431. The summed E-state index contributed by atoms with van der Waals surface area (Å²) in [6, 6.07) is 10.5. The Bertz CT molecular complexity index is 577. The van der Waals surface area contributed by atoms with Gasteiger partial charge in [-0.1, -0.05) is 36.4 Å². The molecule has 0 radical (unpaired) electrons. The van der Waals surface area contributed by atoms with E-state index in [9.17, 15) is 14.7 Å². The average Bonchev–Trinajstić information content (AvgIpc) is 2.33. The van der Waals surface area contributed by atoms with Crippen LogP contribution in [0.1, 0.15) is 20.7 Å². The van der Waals surface area contributed by atoms with E-state index in [4.69, 9.17) is 0 Å². The van der Waals surface area contributed by atoms with Crippen LogP contribution in [0.5, 0.6) is 0 Å². The van der Waals surface area contributed by atoms with E-state index in [1.54, 1.807) is 24.3 Å². The van der Waals surface area contributed by atoms with Crippen LogP contribution in [0.2, 0.25) is 0 Å². The fraction of sp³-hybridized carbons (Fsp3) is 0.0769. The minimum Gasteiger partial charge on any atom is -0.377 e. The van der Waals surface area contributed by atoms with Crippen molar-refractivity contribution in [3.8, 4) is 0 Å². The van der Waals surface area contributed by atoms with Gasteiger partial charge < -0.3 is 5.11 Å². The van der Waals surface area contributed by atoms with Gasteiger partial charge in [0.15, 0.2) is 17.7 Å². The van der Waals surface area contributed by atoms with Crippen LogP contribution in [-0.2, 0) is 0 Å². The monoisotopic (exact) mass is 212 g/mol. The molecule has 0 saturated carbocycles. The molecule has 0 atom stereocenters. The van der Waals surface area contributed by atoms with E-state index in [1.807, 2.05) is 12.1 Å². The number of aliphatic hydroxyl groups is 1. The molecule has 0 unspecified atom stereocenters. The van der Waals surface area contributed by atoms with Gasteiger partial charge in [0.05, 0.1) is 0 Å². The standard InChI is InChI=1S/C13H8O3/c14-11-8-5-1-3-7-4-2-6-9(10(7)8)12(15)13(11)16/h1-6,13,16H. The zero-order valence-electron chi connectivity index (χ0n) is 8.31. The van der Waals surface area contributed by atoms with Crippen molar-refractivity contribution in [2.45, 2.75) is 6.10 Å². The SMILES string of the molecule is O=C1c2cccc3cccc(c23)C(=O)C1O. The first-order valence-corrected chi connectivity index (χ1v) is 4.98. The molecule has 3 nitrogen and oxygen atoms in total. The number of Topliss-reactive ketones (excluding diaryl/α,β-unsaturated/α-hetero) is 2. The summed E-state index contributed by atoms with van der Waals surface area (Å²) in [5, 5.41) is 11.1. The van der Waals surface area contributed by atoms with Crippen molar-refractivity contribution in [1.29, 1.82) is 0 Å². The Morgan fingerprint density at radius 1 is 0.875 bits per heavy atom. The van der Waals surface area contributed by atoms with Crippen LogP contribution in [0.4, 0.5) is 0 Å². The zero-order chi connectivity index (χ0) is 11.3. The maximum atomic E-state index is 11.7. The van der Waals surface area contributed by atoms with Gasteiger partial charge in [-0.05, 0) is 5.39 Å². The first kappa shape index (κ1) is 9.24. The van der Waals surface area contributed by atoms with E-state index in [2.05, 4.69) is 0 Å². The topological polar surface area (TPSA) is 54.4 Å². The Morgan fingerprint density at radius 2 is 1.38 bits per heavy atom. The highest BCUT2D eigenvalue weighted by Crippen LogP contribution is 2.29. The summed E-state index contributed by atoms with van der Waals surface area (Å²) in [4.78, 5) is 23.5. The fourth-order valence-electron chi connectivity index (χ4n) is 2.17. The lowest BCUT2D eigenvalue weighted by Gasteiger charge is -2.18. The summed E-state index contributed by atoms with van der Waals surface area (Å²) >= 11 is 0. The van der Waals surface area contributed by atoms with Crippen molar-refractivity contribution < 1.29 is 14.7 Å². The second-order valence-corrected chi connectivity index (χ2v) is 3.84. The van der Waals surface area contributed by atoms with Gasteiger partial charge in [0, 0.05) is 16.5 Å². The molecular weight excluding hydrogens is 204 g/mol. The molecule has 1 aliphatic rings. The summed E-state index contributed by atoms with van der Waals surface area (Å²) in [6.45, 7) is 0. The summed E-state index contributed by atoms with van der Waals surface area (Å²) in [5.41, 5.74) is 0.861. The minimum atomic E-state index is -1.54. The summed E-state index contributed by atoms with van der Waals surface area (Å²) in [7, 11) is 0. The van der Waals surface area contributed by atoms with Gasteiger partial charge in [-0.3, -0.25) is 9.59 Å². The lowest BCUT2D eigenvalue weighted by Crippen LogP contribution is -2.34. The molecule has 1 N–H and O–H groups in total. The van der Waals surface area contributed by atoms with Crippen LogP contribution >= 0.6 is 0 Å². The maximum Gasteiger partial charge on any atom is 0.199 e. The van der Waals surface area contributed by atoms with E-state index >= 15 is 0 Å². The Labute approximate surface area is 91.3 Å². The lowest BCUT2D eigenvalue weighted by molar-refractivity contribution is 0.0623. The number of hydrogen-bond donors (Lipinski definition) is 1. The van der Waals surface area contributed by atoms with E-state index in [1.165, 1.54) is 0 Å². The van der Waals surface area contributed by atoms with Gasteiger partial charge in [0.1, 0.15) is 0 Å². The molecule has 0 saturated heterocycles. The fourth-order valence-corrected chi connectivity index (χ4v) is 2.17. The Morgan fingerprint density at radius 3 is 1.88 bits per heavy atom. The first-order valence-electron chi connectivity index (χ1n) is 4.98. The number of rotatable bonds is 0. The highest BCUT2D eigenvalue weighted by Gasteiger charge is 2.33. The summed E-state index contributed by atoms with van der Waals surface area (Å²) in [5.74, 6) is -1.01. The summed E-state index contributed by atoms with van der Waals surface area (Å²) in [6.07, 6.45) is -1.54. The van der Waals surface area contributed by atoms with E-state index < -0.39 is 17.7 Å². The van der Waals surface area contributed by atoms with Crippen molar-refractivity contribution in [1.82, 2.24) is 0 Å². The molecule has 0 amide bonds. The van der Waals surface area contributed by atoms with Crippen LogP contribution in [0.3, 0.4) is 0 Å². The highest BCUT2D eigenvalue weighted by atomic mass is 16.3. The van der Waals surface area contributed by atoms with E-state index in [-0.39, 0.29) is 0 Å². The van der Waals surface area contributed by atoms with E-state index in [0.29, 0.717) is 16.5 Å². The molecule has 78 valence electrons. The molecule has 0 spiro atoms. The molecule has 0 bridgehead atoms. The van der Waals surface area contributed by atoms with Gasteiger partial charge in [0.2, 0.25) is 0 Å². The number of hydrogen-bond acceptors (Lipinski definition) is 3. The van der Waals surface area contributed by atoms with Crippen LogP contribution < -0.4 is 0 Å². The molecule has 3 rings (SSSR count). The third kappa shape index (κ3) is 1.01. The predicted molar refractivity (Wildman–Crippen MR) is 58.6 cm³/mol. The van der Waals surface area contributed by atoms with Gasteiger partial charge in [-0.2, -0.15) is 0 Å². The second-order valence-electron chi connectivity index (χ2n) is 3.84.